The molecule has 0 aliphatic rings. The van der Waals surface area contributed by atoms with E-state index in [4.69, 9.17) is 0 Å². The second-order valence-corrected chi connectivity index (χ2v) is 5.92. The Morgan fingerprint density at radius 3 is 2.16 bits per heavy atom. The highest BCUT2D eigenvalue weighted by atomic mass is 79.9. The van der Waals surface area contributed by atoms with Gasteiger partial charge in [-0.25, -0.2) is 0 Å². The summed E-state index contributed by atoms with van der Waals surface area (Å²) in [5.41, 5.74) is 1.79. The van der Waals surface area contributed by atoms with Gasteiger partial charge in [-0.2, -0.15) is 0 Å². The van der Waals surface area contributed by atoms with E-state index >= 15 is 0 Å². The average Bonchev–Trinajstić information content (AvgIpc) is 2.38. The number of rotatable bonds is 4. The molecule has 0 amide bonds. The maximum absolute atomic E-state index is 11.5. The molecule has 2 aromatic rings. The van der Waals surface area contributed by atoms with E-state index in [1.165, 1.54) is 0 Å². The predicted octanol–water partition coefficient (Wildman–Crippen LogP) is 4.62. The highest BCUT2D eigenvalue weighted by molar-refractivity contribution is 9.10. The van der Waals surface area contributed by atoms with Crippen molar-refractivity contribution in [1.29, 1.82) is 0 Å². The Hall–Kier alpha value is -1.13. The predicted molar refractivity (Wildman–Crippen MR) is 82.4 cm³/mol. The number of hydrogen-bond acceptors (Lipinski definition) is 1. The molecular formula is C15H12Br2O2. The summed E-state index contributed by atoms with van der Waals surface area (Å²) >= 11 is 6.88. The first-order valence-corrected chi connectivity index (χ1v) is 7.39. The van der Waals surface area contributed by atoms with Crippen molar-refractivity contribution in [3.05, 3.63) is 68.6 Å². The topological polar surface area (TPSA) is 37.3 Å². The van der Waals surface area contributed by atoms with E-state index in [1.54, 1.807) is 0 Å². The molecule has 0 bridgehead atoms. The highest BCUT2D eigenvalue weighted by Crippen LogP contribution is 2.30. The molecule has 0 spiro atoms. The molecule has 1 unspecified atom stereocenters. The minimum Gasteiger partial charge on any atom is -0.481 e. The van der Waals surface area contributed by atoms with Crippen LogP contribution in [0.4, 0.5) is 0 Å². The molecule has 1 N–H and O–H groups in total. The third kappa shape index (κ3) is 3.45. The van der Waals surface area contributed by atoms with Crippen molar-refractivity contribution in [2.75, 3.05) is 0 Å². The first-order valence-electron chi connectivity index (χ1n) is 5.80. The lowest BCUT2D eigenvalue weighted by molar-refractivity contribution is -0.138. The van der Waals surface area contributed by atoms with Gasteiger partial charge < -0.3 is 5.11 Å². The smallest absolute Gasteiger partial charge is 0.311 e. The lowest BCUT2D eigenvalue weighted by Gasteiger charge is -2.15. The van der Waals surface area contributed by atoms with Crippen molar-refractivity contribution in [2.24, 2.45) is 0 Å². The second-order valence-electron chi connectivity index (χ2n) is 4.21. The Kier molecular flexibility index (Phi) is 4.77. The van der Waals surface area contributed by atoms with Gasteiger partial charge in [0.2, 0.25) is 0 Å². The first-order chi connectivity index (χ1) is 9.09. The monoisotopic (exact) mass is 382 g/mol. The van der Waals surface area contributed by atoms with E-state index in [0.717, 1.165) is 20.1 Å². The molecule has 4 heteroatoms. The fourth-order valence-electron chi connectivity index (χ4n) is 1.97. The standard InChI is InChI=1S/C15H12Br2O2/c16-13-7-3-1-5-10(13)9-12(15(18)19)11-6-2-4-8-14(11)17/h1-8,12H,9H2,(H,18,19). The molecule has 19 heavy (non-hydrogen) atoms. The largest absolute Gasteiger partial charge is 0.481 e. The lowest BCUT2D eigenvalue weighted by atomic mass is 9.92. The summed E-state index contributed by atoms with van der Waals surface area (Å²) in [6.07, 6.45) is 0.458. The van der Waals surface area contributed by atoms with Gasteiger partial charge in [-0.05, 0) is 29.7 Å². The fourth-order valence-corrected chi connectivity index (χ4v) is 2.98. The quantitative estimate of drug-likeness (QED) is 0.836. The van der Waals surface area contributed by atoms with Gasteiger partial charge in [0.1, 0.15) is 0 Å². The number of benzene rings is 2. The van der Waals surface area contributed by atoms with Crippen LogP contribution in [0.2, 0.25) is 0 Å². The average molecular weight is 384 g/mol. The highest BCUT2D eigenvalue weighted by Gasteiger charge is 2.23. The molecule has 0 aliphatic heterocycles. The van der Waals surface area contributed by atoms with Crippen LogP contribution in [0, 0.1) is 0 Å². The Balaban J connectivity index is 2.35. The minimum atomic E-state index is -0.817. The zero-order valence-electron chi connectivity index (χ0n) is 10.0. The van der Waals surface area contributed by atoms with Crippen LogP contribution in [0.15, 0.2) is 57.5 Å². The van der Waals surface area contributed by atoms with Gasteiger partial charge in [-0.15, -0.1) is 0 Å². The number of halogens is 2. The zero-order valence-corrected chi connectivity index (χ0v) is 13.2. The van der Waals surface area contributed by atoms with Gasteiger partial charge in [0.25, 0.3) is 0 Å². The Labute approximate surface area is 128 Å². The van der Waals surface area contributed by atoms with Gasteiger partial charge in [0, 0.05) is 8.95 Å². The summed E-state index contributed by atoms with van der Waals surface area (Å²) in [6.45, 7) is 0. The SMILES string of the molecule is O=C(O)C(Cc1ccccc1Br)c1ccccc1Br. The van der Waals surface area contributed by atoms with Gasteiger partial charge in [0.15, 0.2) is 0 Å². The van der Waals surface area contributed by atoms with E-state index in [1.807, 2.05) is 48.5 Å². The molecule has 0 saturated carbocycles. The van der Waals surface area contributed by atoms with Crippen LogP contribution < -0.4 is 0 Å². The van der Waals surface area contributed by atoms with E-state index < -0.39 is 11.9 Å². The van der Waals surface area contributed by atoms with Crippen LogP contribution in [-0.2, 0) is 11.2 Å². The summed E-state index contributed by atoms with van der Waals surface area (Å²) in [5, 5.41) is 9.47. The fraction of sp³-hybridized carbons (Fsp3) is 0.133. The van der Waals surface area contributed by atoms with Crippen molar-refractivity contribution in [3.63, 3.8) is 0 Å². The molecule has 0 radical (unpaired) electrons. The maximum atomic E-state index is 11.5. The number of carboxylic acid groups (broad SMARTS) is 1. The Morgan fingerprint density at radius 2 is 1.58 bits per heavy atom. The lowest BCUT2D eigenvalue weighted by Crippen LogP contribution is -2.15. The Bertz CT molecular complexity index is 596. The second kappa shape index (κ2) is 6.35. The van der Waals surface area contributed by atoms with E-state index in [0.29, 0.717) is 6.42 Å². The summed E-state index contributed by atoms with van der Waals surface area (Å²) < 4.78 is 1.77. The van der Waals surface area contributed by atoms with Crippen molar-refractivity contribution >= 4 is 37.8 Å². The Morgan fingerprint density at radius 1 is 1.00 bits per heavy atom. The van der Waals surface area contributed by atoms with E-state index in [9.17, 15) is 9.90 Å². The van der Waals surface area contributed by atoms with Crippen LogP contribution in [0.25, 0.3) is 0 Å². The molecule has 0 aliphatic carbocycles. The normalized spacial score (nSPS) is 12.1. The van der Waals surface area contributed by atoms with Crippen LogP contribution in [0.3, 0.4) is 0 Å². The third-order valence-electron chi connectivity index (χ3n) is 2.96. The molecule has 2 aromatic carbocycles. The molecular weight excluding hydrogens is 372 g/mol. The van der Waals surface area contributed by atoms with Crippen molar-refractivity contribution in [1.82, 2.24) is 0 Å². The molecule has 1 atom stereocenters. The van der Waals surface area contributed by atoms with Crippen LogP contribution in [0.1, 0.15) is 17.0 Å². The third-order valence-corrected chi connectivity index (χ3v) is 4.46. The van der Waals surface area contributed by atoms with Gasteiger partial charge >= 0.3 is 5.97 Å². The molecule has 0 saturated heterocycles. The first kappa shape index (κ1) is 14.3. The number of hydrogen-bond donors (Lipinski definition) is 1. The number of carbonyl (C=O) groups is 1. The molecule has 0 aromatic heterocycles. The molecule has 2 nitrogen and oxygen atoms in total. The summed E-state index contributed by atoms with van der Waals surface area (Å²) in [7, 11) is 0. The van der Waals surface area contributed by atoms with Crippen LogP contribution in [-0.4, -0.2) is 11.1 Å². The molecule has 98 valence electrons. The van der Waals surface area contributed by atoms with Crippen molar-refractivity contribution in [3.8, 4) is 0 Å². The van der Waals surface area contributed by atoms with Gasteiger partial charge in [-0.3, -0.25) is 4.79 Å². The van der Waals surface area contributed by atoms with Crippen LogP contribution in [0.5, 0.6) is 0 Å². The number of aliphatic carboxylic acids is 1. The maximum Gasteiger partial charge on any atom is 0.311 e. The van der Waals surface area contributed by atoms with Gasteiger partial charge in [0.05, 0.1) is 5.92 Å². The van der Waals surface area contributed by atoms with E-state index in [2.05, 4.69) is 31.9 Å². The van der Waals surface area contributed by atoms with Crippen molar-refractivity contribution in [2.45, 2.75) is 12.3 Å². The molecule has 0 heterocycles. The number of carboxylic acids is 1. The molecule has 2 rings (SSSR count). The summed E-state index contributed by atoms with van der Waals surface area (Å²) in [5.74, 6) is -1.38. The van der Waals surface area contributed by atoms with Crippen molar-refractivity contribution < 1.29 is 9.90 Å². The van der Waals surface area contributed by atoms with Crippen LogP contribution >= 0.6 is 31.9 Å². The summed E-state index contributed by atoms with van der Waals surface area (Å²) in [4.78, 5) is 11.5. The zero-order chi connectivity index (χ0) is 13.8. The summed E-state index contributed by atoms with van der Waals surface area (Å²) in [6, 6.07) is 15.2. The molecule has 0 fully saturated rings. The van der Waals surface area contributed by atoms with E-state index in [-0.39, 0.29) is 0 Å². The minimum absolute atomic E-state index is 0.458. The van der Waals surface area contributed by atoms with Gasteiger partial charge in [-0.1, -0.05) is 68.3 Å².